The minimum Gasteiger partial charge on any atom is -0.489 e. The highest BCUT2D eigenvalue weighted by molar-refractivity contribution is 7.09. The van der Waals surface area contributed by atoms with Crippen molar-refractivity contribution in [2.24, 2.45) is 0 Å². The molecule has 0 aliphatic heterocycles. The molecule has 6 heteroatoms. The van der Waals surface area contributed by atoms with Gasteiger partial charge < -0.3 is 10.1 Å². The molecule has 25 heavy (non-hydrogen) atoms. The molecule has 2 aromatic carbocycles. The molecule has 3 aromatic rings. The second-order valence-corrected chi connectivity index (χ2v) is 6.52. The topological polar surface area (TPSA) is 51.2 Å². The van der Waals surface area contributed by atoms with Gasteiger partial charge in [0, 0.05) is 17.5 Å². The van der Waals surface area contributed by atoms with E-state index in [1.54, 1.807) is 35.7 Å². The van der Waals surface area contributed by atoms with Crippen molar-refractivity contribution in [2.75, 3.05) is 0 Å². The Morgan fingerprint density at radius 3 is 2.64 bits per heavy atom. The molecule has 0 radical (unpaired) electrons. The van der Waals surface area contributed by atoms with E-state index in [0.29, 0.717) is 23.6 Å². The van der Waals surface area contributed by atoms with Gasteiger partial charge in [-0.15, -0.1) is 11.3 Å². The number of benzene rings is 2. The number of nitrogens with one attached hydrogen (secondary N) is 1. The van der Waals surface area contributed by atoms with E-state index in [0.717, 1.165) is 10.6 Å². The molecule has 4 nitrogen and oxygen atoms in total. The number of hydrogen-bond donors (Lipinski definition) is 1. The number of aryl methyl sites for hydroxylation is 1. The Labute approximate surface area is 149 Å². The molecule has 0 bridgehead atoms. The summed E-state index contributed by atoms with van der Waals surface area (Å²) in [6, 6.07) is 13.9. The van der Waals surface area contributed by atoms with Gasteiger partial charge in [-0.25, -0.2) is 9.37 Å². The normalized spacial score (nSPS) is 10.5. The second-order valence-electron chi connectivity index (χ2n) is 5.46. The summed E-state index contributed by atoms with van der Waals surface area (Å²) < 4.78 is 19.1. The molecule has 0 aliphatic rings. The third-order valence-corrected chi connectivity index (χ3v) is 4.35. The minimum atomic E-state index is -0.279. The summed E-state index contributed by atoms with van der Waals surface area (Å²) in [6.07, 6.45) is 0. The van der Waals surface area contributed by atoms with Crippen LogP contribution in [-0.2, 0) is 13.2 Å². The van der Waals surface area contributed by atoms with E-state index in [1.807, 2.05) is 19.1 Å². The fraction of sp³-hybridized carbons (Fsp3) is 0.158. The average molecular weight is 356 g/mol. The summed E-state index contributed by atoms with van der Waals surface area (Å²) in [5.74, 6) is 0.178. The van der Waals surface area contributed by atoms with Gasteiger partial charge in [0.25, 0.3) is 5.91 Å². The number of thiazole rings is 1. The SMILES string of the molecule is Cc1nc(C(=O)NCc2ccc(OCc3ccccc3F)cc2)cs1. The lowest BCUT2D eigenvalue weighted by atomic mass is 10.2. The number of carbonyl (C=O) groups is 1. The van der Waals surface area contributed by atoms with Gasteiger partial charge in [-0.3, -0.25) is 4.79 Å². The lowest BCUT2D eigenvalue weighted by Gasteiger charge is -2.08. The Balaban J connectivity index is 1.52. The molecule has 1 N–H and O–H groups in total. The first-order valence-electron chi connectivity index (χ1n) is 7.77. The van der Waals surface area contributed by atoms with Crippen LogP contribution in [0.3, 0.4) is 0 Å². The summed E-state index contributed by atoms with van der Waals surface area (Å²) >= 11 is 1.45. The lowest BCUT2D eigenvalue weighted by molar-refractivity contribution is 0.0946. The Bertz CT molecular complexity index is 862. The molecule has 0 fully saturated rings. The number of amides is 1. The summed E-state index contributed by atoms with van der Waals surface area (Å²) in [5, 5.41) is 5.43. The standard InChI is InChI=1S/C19H17FN2O2S/c1-13-22-18(12-25-13)19(23)21-10-14-6-8-16(9-7-14)24-11-15-4-2-3-5-17(15)20/h2-9,12H,10-11H2,1H3,(H,21,23). The van der Waals surface area contributed by atoms with Crippen molar-refractivity contribution in [1.82, 2.24) is 10.3 Å². The monoisotopic (exact) mass is 356 g/mol. The van der Waals surface area contributed by atoms with Crippen LogP contribution in [0.5, 0.6) is 5.75 Å². The smallest absolute Gasteiger partial charge is 0.271 e. The van der Waals surface area contributed by atoms with Crippen molar-refractivity contribution in [2.45, 2.75) is 20.1 Å². The van der Waals surface area contributed by atoms with Gasteiger partial charge in [0.15, 0.2) is 0 Å². The molecule has 3 rings (SSSR count). The fourth-order valence-corrected chi connectivity index (χ4v) is 2.81. The number of aromatic nitrogens is 1. The van der Waals surface area contributed by atoms with Crippen LogP contribution >= 0.6 is 11.3 Å². The van der Waals surface area contributed by atoms with Crippen LogP contribution in [0, 0.1) is 12.7 Å². The van der Waals surface area contributed by atoms with E-state index in [2.05, 4.69) is 10.3 Å². The van der Waals surface area contributed by atoms with Crippen LogP contribution in [0.4, 0.5) is 4.39 Å². The zero-order chi connectivity index (χ0) is 17.6. The number of ether oxygens (including phenoxy) is 1. The largest absolute Gasteiger partial charge is 0.489 e. The number of rotatable bonds is 6. The van der Waals surface area contributed by atoms with E-state index in [1.165, 1.54) is 17.4 Å². The van der Waals surface area contributed by atoms with Crippen LogP contribution in [0.25, 0.3) is 0 Å². The molecule has 128 valence electrons. The first-order valence-corrected chi connectivity index (χ1v) is 8.65. The third-order valence-electron chi connectivity index (χ3n) is 3.58. The Morgan fingerprint density at radius 1 is 1.20 bits per heavy atom. The minimum absolute atomic E-state index is 0.173. The summed E-state index contributed by atoms with van der Waals surface area (Å²) in [7, 11) is 0. The van der Waals surface area contributed by atoms with Crippen LogP contribution in [0.1, 0.15) is 26.6 Å². The van der Waals surface area contributed by atoms with Crippen molar-refractivity contribution >= 4 is 17.2 Å². The second kappa shape index (κ2) is 7.90. The predicted molar refractivity (Wildman–Crippen MR) is 95.2 cm³/mol. The Morgan fingerprint density at radius 2 is 1.96 bits per heavy atom. The van der Waals surface area contributed by atoms with E-state index in [4.69, 9.17) is 4.74 Å². The zero-order valence-corrected chi connectivity index (χ0v) is 14.5. The highest BCUT2D eigenvalue weighted by Gasteiger charge is 2.08. The Kier molecular flexibility index (Phi) is 5.40. The maximum atomic E-state index is 13.5. The molecule has 0 aliphatic carbocycles. The molecule has 1 heterocycles. The lowest BCUT2D eigenvalue weighted by Crippen LogP contribution is -2.23. The molecule has 0 saturated heterocycles. The highest BCUT2D eigenvalue weighted by atomic mass is 32.1. The van der Waals surface area contributed by atoms with Crippen molar-refractivity contribution in [3.63, 3.8) is 0 Å². The molecular weight excluding hydrogens is 339 g/mol. The van der Waals surface area contributed by atoms with E-state index < -0.39 is 0 Å². The van der Waals surface area contributed by atoms with E-state index in [9.17, 15) is 9.18 Å². The number of halogens is 1. The van der Waals surface area contributed by atoms with Gasteiger partial charge in [0.1, 0.15) is 23.9 Å². The molecule has 0 unspecified atom stereocenters. The van der Waals surface area contributed by atoms with Crippen LogP contribution in [0.15, 0.2) is 53.9 Å². The van der Waals surface area contributed by atoms with Crippen LogP contribution in [0.2, 0.25) is 0 Å². The maximum absolute atomic E-state index is 13.5. The molecule has 0 spiro atoms. The van der Waals surface area contributed by atoms with E-state index in [-0.39, 0.29) is 18.3 Å². The van der Waals surface area contributed by atoms with Gasteiger partial charge >= 0.3 is 0 Å². The quantitative estimate of drug-likeness (QED) is 0.723. The molecule has 1 aromatic heterocycles. The van der Waals surface area contributed by atoms with Crippen molar-refractivity contribution in [3.05, 3.63) is 81.6 Å². The molecular formula is C19H17FN2O2S. The van der Waals surface area contributed by atoms with Gasteiger partial charge in [-0.2, -0.15) is 0 Å². The van der Waals surface area contributed by atoms with Gasteiger partial charge in [0.2, 0.25) is 0 Å². The van der Waals surface area contributed by atoms with Gasteiger partial charge in [-0.1, -0.05) is 30.3 Å². The molecule has 0 atom stereocenters. The molecule has 0 saturated carbocycles. The average Bonchev–Trinajstić information content (AvgIpc) is 3.06. The van der Waals surface area contributed by atoms with Gasteiger partial charge in [0.05, 0.1) is 5.01 Å². The first kappa shape index (κ1) is 17.1. The third kappa shape index (κ3) is 4.64. The fourth-order valence-electron chi connectivity index (χ4n) is 2.22. The van der Waals surface area contributed by atoms with Crippen molar-refractivity contribution < 1.29 is 13.9 Å². The number of nitrogens with zero attached hydrogens (tertiary/aromatic N) is 1. The van der Waals surface area contributed by atoms with Gasteiger partial charge in [-0.05, 0) is 30.7 Å². The number of carbonyl (C=O) groups excluding carboxylic acids is 1. The van der Waals surface area contributed by atoms with Crippen molar-refractivity contribution in [3.8, 4) is 5.75 Å². The summed E-state index contributed by atoms with van der Waals surface area (Å²) in [5.41, 5.74) is 1.89. The maximum Gasteiger partial charge on any atom is 0.271 e. The predicted octanol–water partition coefficient (Wildman–Crippen LogP) is 4.10. The molecule has 1 amide bonds. The summed E-state index contributed by atoms with van der Waals surface area (Å²) in [4.78, 5) is 16.1. The Hall–Kier alpha value is -2.73. The number of hydrogen-bond acceptors (Lipinski definition) is 4. The zero-order valence-electron chi connectivity index (χ0n) is 13.7. The van der Waals surface area contributed by atoms with Crippen molar-refractivity contribution in [1.29, 1.82) is 0 Å². The summed E-state index contributed by atoms with van der Waals surface area (Å²) in [6.45, 7) is 2.44. The van der Waals surface area contributed by atoms with Crippen LogP contribution in [-0.4, -0.2) is 10.9 Å². The van der Waals surface area contributed by atoms with E-state index >= 15 is 0 Å². The highest BCUT2D eigenvalue weighted by Crippen LogP contribution is 2.16. The first-order chi connectivity index (χ1) is 12.1. The van der Waals surface area contributed by atoms with Crippen LogP contribution < -0.4 is 10.1 Å².